The highest BCUT2D eigenvalue weighted by atomic mass is 15.2. The fraction of sp³-hybridized carbons (Fsp3) is 0.0746. The largest absolute Gasteiger partial charge is 0.314 e. The lowest BCUT2D eigenvalue weighted by Gasteiger charge is -2.35. The number of allylic oxidation sites excluding steroid dienone is 8. The molecule has 0 atom stereocenters. The number of hydrogen-bond acceptors (Lipinski definition) is 1. The monoisotopic (exact) mass is 895 g/mol. The van der Waals surface area contributed by atoms with E-state index in [2.05, 4.69) is 263 Å². The maximum absolute atomic E-state index is 2.54. The second-order valence-corrected chi connectivity index (χ2v) is 19.0. The number of benzene rings is 9. The summed E-state index contributed by atoms with van der Waals surface area (Å²) in [5.41, 5.74) is 20.4. The molecule has 0 saturated carbocycles. The maximum Gasteiger partial charge on any atom is 0.0715 e. The zero-order chi connectivity index (χ0) is 46.2. The van der Waals surface area contributed by atoms with Crippen molar-refractivity contribution in [2.75, 3.05) is 4.90 Å². The minimum Gasteiger partial charge on any atom is -0.314 e. The van der Waals surface area contributed by atoms with E-state index in [9.17, 15) is 0 Å². The van der Waals surface area contributed by atoms with E-state index in [4.69, 9.17) is 0 Å². The Morgan fingerprint density at radius 3 is 1.61 bits per heavy atom. The van der Waals surface area contributed by atoms with Crippen molar-refractivity contribution in [3.8, 4) is 22.5 Å². The predicted molar refractivity (Wildman–Crippen MR) is 294 cm³/mol. The Morgan fingerprint density at radius 1 is 0.414 bits per heavy atom. The van der Waals surface area contributed by atoms with Crippen LogP contribution in [0.5, 0.6) is 0 Å². The number of anilines is 2. The molecule has 3 aliphatic carbocycles. The van der Waals surface area contributed by atoms with E-state index in [0.29, 0.717) is 0 Å². The molecule has 0 unspecified atom stereocenters. The van der Waals surface area contributed by atoms with E-state index >= 15 is 0 Å². The molecule has 70 heavy (non-hydrogen) atoms. The van der Waals surface area contributed by atoms with Gasteiger partial charge in [-0.2, -0.15) is 0 Å². The third-order valence-electron chi connectivity index (χ3n) is 15.3. The number of hydrogen-bond donors (Lipinski definition) is 0. The highest BCUT2D eigenvalue weighted by Gasteiger charge is 2.47. The predicted octanol–water partition coefficient (Wildman–Crippen LogP) is 17.3. The lowest BCUT2D eigenvalue weighted by molar-refractivity contribution is 0.767. The van der Waals surface area contributed by atoms with Gasteiger partial charge in [0.1, 0.15) is 0 Å². The van der Waals surface area contributed by atoms with E-state index in [1.807, 2.05) is 0 Å². The normalized spacial score (nSPS) is 14.8. The van der Waals surface area contributed by atoms with Crippen LogP contribution in [-0.2, 0) is 5.41 Å². The van der Waals surface area contributed by atoms with Gasteiger partial charge in [-0.15, -0.1) is 0 Å². The summed E-state index contributed by atoms with van der Waals surface area (Å²) >= 11 is 0. The average molecular weight is 896 g/mol. The Bertz CT molecular complexity index is 3900. The molecule has 0 aliphatic heterocycles. The first kappa shape index (κ1) is 40.4. The van der Waals surface area contributed by atoms with Gasteiger partial charge in [-0.1, -0.05) is 182 Å². The highest BCUT2D eigenvalue weighted by molar-refractivity contribution is 6.11. The lowest BCUT2D eigenvalue weighted by atomic mass is 9.67. The zero-order valence-electron chi connectivity index (χ0n) is 38.8. The average Bonchev–Trinajstić information content (AvgIpc) is 4.06. The van der Waals surface area contributed by atoms with Crippen molar-refractivity contribution in [3.05, 3.63) is 282 Å². The number of rotatable bonds is 8. The van der Waals surface area contributed by atoms with Crippen LogP contribution in [0, 0.1) is 0 Å². The molecule has 14 rings (SSSR count). The van der Waals surface area contributed by atoms with Crippen LogP contribution in [0.1, 0.15) is 53.5 Å². The fourth-order valence-electron chi connectivity index (χ4n) is 12.3. The molecule has 11 aromatic rings. The second-order valence-electron chi connectivity index (χ2n) is 19.0. The summed E-state index contributed by atoms with van der Waals surface area (Å²) in [5, 5.41) is 5.02. The minimum absolute atomic E-state index is 0.614. The fourth-order valence-corrected chi connectivity index (χ4v) is 12.3. The van der Waals surface area contributed by atoms with Crippen molar-refractivity contribution in [2.24, 2.45) is 0 Å². The van der Waals surface area contributed by atoms with Crippen LogP contribution >= 0.6 is 0 Å². The molecule has 3 nitrogen and oxygen atoms in total. The Hall–Kier alpha value is -8.66. The summed E-state index contributed by atoms with van der Waals surface area (Å²) in [5.74, 6) is 0. The van der Waals surface area contributed by atoms with E-state index in [1.54, 1.807) is 0 Å². The van der Waals surface area contributed by atoms with Gasteiger partial charge >= 0.3 is 0 Å². The van der Waals surface area contributed by atoms with E-state index in [-0.39, 0.29) is 0 Å². The van der Waals surface area contributed by atoms with Crippen LogP contribution in [0.4, 0.5) is 11.4 Å². The van der Waals surface area contributed by atoms with Crippen LogP contribution in [0.15, 0.2) is 254 Å². The molecule has 3 heteroatoms. The molecule has 332 valence electrons. The molecule has 2 heterocycles. The molecular formula is C67H49N3. The molecule has 0 radical (unpaired) electrons. The molecule has 2 aromatic heterocycles. The number of aromatic nitrogens is 2. The van der Waals surface area contributed by atoms with E-state index in [0.717, 1.165) is 42.7 Å². The molecule has 0 N–H and O–H groups in total. The van der Waals surface area contributed by atoms with E-state index < -0.39 is 5.41 Å². The van der Waals surface area contributed by atoms with Gasteiger partial charge in [0.15, 0.2) is 0 Å². The number of fused-ring (bicyclic) bond motifs is 9. The van der Waals surface area contributed by atoms with Crippen LogP contribution < -0.4 is 4.90 Å². The maximum atomic E-state index is 2.54. The summed E-state index contributed by atoms with van der Waals surface area (Å²) in [4.78, 5) is 2.54. The van der Waals surface area contributed by atoms with Crippen molar-refractivity contribution in [1.82, 2.24) is 9.13 Å². The quantitative estimate of drug-likeness (QED) is 0.148. The van der Waals surface area contributed by atoms with Crippen LogP contribution in [-0.4, -0.2) is 9.13 Å². The Labute approximate surface area is 408 Å². The van der Waals surface area contributed by atoms with Gasteiger partial charge in [-0.05, 0) is 131 Å². The Kier molecular flexibility index (Phi) is 9.38. The van der Waals surface area contributed by atoms with Gasteiger partial charge in [0.25, 0.3) is 0 Å². The first-order valence-corrected chi connectivity index (χ1v) is 24.8. The van der Waals surface area contributed by atoms with Crippen LogP contribution in [0.25, 0.3) is 71.7 Å². The third-order valence-corrected chi connectivity index (χ3v) is 15.3. The molecule has 0 spiro atoms. The topological polar surface area (TPSA) is 13.1 Å². The van der Waals surface area contributed by atoms with Crippen molar-refractivity contribution in [3.63, 3.8) is 0 Å². The molecule has 9 aromatic carbocycles. The number of para-hydroxylation sites is 3. The first-order chi connectivity index (χ1) is 34.8. The smallest absolute Gasteiger partial charge is 0.0715 e. The summed E-state index contributed by atoms with van der Waals surface area (Å²) in [6.45, 7) is 0. The van der Waals surface area contributed by atoms with Crippen LogP contribution in [0.2, 0.25) is 0 Å². The summed E-state index contributed by atoms with van der Waals surface area (Å²) in [6, 6.07) is 79.7. The molecular weight excluding hydrogens is 847 g/mol. The van der Waals surface area contributed by atoms with Gasteiger partial charge < -0.3 is 14.0 Å². The third kappa shape index (κ3) is 6.07. The summed E-state index contributed by atoms with van der Waals surface area (Å²) < 4.78 is 4.97. The number of nitrogens with zero attached hydrogens (tertiary/aromatic N) is 3. The summed E-state index contributed by atoms with van der Waals surface area (Å²) in [7, 11) is 0. The Morgan fingerprint density at radius 2 is 0.986 bits per heavy atom. The molecule has 3 aliphatic rings. The highest BCUT2D eigenvalue weighted by Crippen LogP contribution is 2.59. The van der Waals surface area contributed by atoms with Gasteiger partial charge in [-0.25, -0.2) is 0 Å². The summed E-state index contributed by atoms with van der Waals surface area (Å²) in [6.07, 6.45) is 17.6. The van der Waals surface area contributed by atoms with Crippen molar-refractivity contribution < 1.29 is 0 Å². The molecule has 0 amide bonds. The van der Waals surface area contributed by atoms with E-state index in [1.165, 1.54) is 99.5 Å². The van der Waals surface area contributed by atoms with Gasteiger partial charge in [0.2, 0.25) is 0 Å². The molecule has 0 bridgehead atoms. The van der Waals surface area contributed by atoms with Gasteiger partial charge in [-0.3, -0.25) is 0 Å². The SMILES string of the molecule is C1=CCCC(c2ccc(-n3c4ccccc4c4ccc(N(C5=CC=CCC5)c5ccc6c(c5)C(c5ccccc5)(c5ccccc5)c5cccc(-n7c8ccccc8c8ccccc87)c5-6)cc43)cc2)=C1. The van der Waals surface area contributed by atoms with Crippen molar-refractivity contribution >= 4 is 60.6 Å². The van der Waals surface area contributed by atoms with Gasteiger partial charge in [0.05, 0.1) is 33.2 Å². The zero-order valence-corrected chi connectivity index (χ0v) is 38.8. The standard InChI is InChI=1S/C67H49N3/c1-5-20-46(21-6-1)47-36-38-51(39-37-47)69-61-32-16-13-30-56(61)57-42-40-53(45-65(57)69)68(50-26-11-4-12-27-50)52-41-43-58-60(44-52)67(48-22-7-2-8-23-48,49-24-9-3-10-25-49)59-31-19-35-64(66(58)59)70-62-33-17-14-28-54(62)55-29-15-18-34-63(55)70/h1-5,7-11,13-20,22-26,28-45H,6,12,21,27H2. The second kappa shape index (κ2) is 16.3. The van der Waals surface area contributed by atoms with Crippen molar-refractivity contribution in [2.45, 2.75) is 31.1 Å². The minimum atomic E-state index is -0.614. The van der Waals surface area contributed by atoms with Crippen LogP contribution in [0.3, 0.4) is 0 Å². The Balaban J connectivity index is 1.02. The van der Waals surface area contributed by atoms with Gasteiger partial charge in [0, 0.05) is 49.9 Å². The molecule has 0 saturated heterocycles. The lowest BCUT2D eigenvalue weighted by Crippen LogP contribution is -2.29. The molecule has 0 fully saturated rings. The van der Waals surface area contributed by atoms with Crippen molar-refractivity contribution in [1.29, 1.82) is 0 Å². The first-order valence-electron chi connectivity index (χ1n) is 24.8.